The molecule has 214 valence electrons. The Morgan fingerprint density at radius 3 is 2.23 bits per heavy atom. The number of sulfonamides is 1. The summed E-state index contributed by atoms with van der Waals surface area (Å²) in [6, 6.07) is 17.1. The Kier molecular flexibility index (Phi) is 11.5. The molecule has 1 atom stereocenters. The molecule has 0 aliphatic rings. The summed E-state index contributed by atoms with van der Waals surface area (Å²) in [7, 11) is -4.16. The summed E-state index contributed by atoms with van der Waals surface area (Å²) >= 11 is 16.2. The zero-order valence-corrected chi connectivity index (χ0v) is 26.4. The van der Waals surface area contributed by atoms with Gasteiger partial charge in [0.2, 0.25) is 11.8 Å². The number of rotatable bonds is 12. The Morgan fingerprint density at radius 1 is 1.00 bits per heavy atom. The maximum absolute atomic E-state index is 14.0. The third kappa shape index (κ3) is 8.00. The van der Waals surface area contributed by atoms with Crippen molar-refractivity contribution in [3.05, 3.63) is 92.4 Å². The number of hydrogen-bond acceptors (Lipinski definition) is 4. The maximum Gasteiger partial charge on any atom is 0.264 e. The van der Waals surface area contributed by atoms with Crippen LogP contribution in [0.1, 0.15) is 37.8 Å². The van der Waals surface area contributed by atoms with Crippen LogP contribution in [-0.2, 0) is 26.2 Å². The van der Waals surface area contributed by atoms with Crippen molar-refractivity contribution in [1.29, 1.82) is 0 Å². The van der Waals surface area contributed by atoms with E-state index < -0.39 is 28.5 Å². The molecule has 3 aromatic rings. The lowest BCUT2D eigenvalue weighted by Crippen LogP contribution is -2.51. The lowest BCUT2D eigenvalue weighted by molar-refractivity contribution is -0.139. The molecule has 3 rings (SSSR count). The molecule has 3 aromatic carbocycles. The minimum absolute atomic E-state index is 0.0388. The molecule has 0 saturated heterocycles. The molecule has 0 heterocycles. The molecule has 0 aliphatic heterocycles. The van der Waals surface area contributed by atoms with E-state index in [1.807, 2.05) is 13.8 Å². The van der Waals surface area contributed by atoms with E-state index in [4.69, 9.17) is 23.2 Å². The number of benzene rings is 3. The third-order valence-electron chi connectivity index (χ3n) is 6.37. The van der Waals surface area contributed by atoms with Gasteiger partial charge in [0.05, 0.1) is 10.6 Å². The second-order valence-electron chi connectivity index (χ2n) is 9.35. The van der Waals surface area contributed by atoms with Crippen molar-refractivity contribution < 1.29 is 18.0 Å². The summed E-state index contributed by atoms with van der Waals surface area (Å²) in [4.78, 5) is 28.4. The Bertz CT molecular complexity index is 1430. The molecule has 0 aliphatic carbocycles. The Morgan fingerprint density at radius 2 is 1.62 bits per heavy atom. The third-order valence-corrected chi connectivity index (χ3v) is 9.36. The van der Waals surface area contributed by atoms with Crippen molar-refractivity contribution in [3.8, 4) is 0 Å². The number of amides is 2. The van der Waals surface area contributed by atoms with Crippen molar-refractivity contribution in [1.82, 2.24) is 10.2 Å². The topological polar surface area (TPSA) is 86.8 Å². The summed E-state index contributed by atoms with van der Waals surface area (Å²) in [5, 5.41) is 3.52. The number of unbranched alkanes of at least 4 members (excludes halogenated alkanes) is 1. The van der Waals surface area contributed by atoms with Crippen LogP contribution in [0.15, 0.2) is 76.1 Å². The molecule has 0 fully saturated rings. The predicted molar refractivity (Wildman–Crippen MR) is 164 cm³/mol. The number of carbonyl (C=O) groups is 2. The van der Waals surface area contributed by atoms with Gasteiger partial charge in [0.15, 0.2) is 0 Å². The fraction of sp³-hybridized carbons (Fsp3) is 0.310. The van der Waals surface area contributed by atoms with Gasteiger partial charge in [0.1, 0.15) is 12.6 Å². The molecule has 11 heteroatoms. The van der Waals surface area contributed by atoms with Gasteiger partial charge in [-0.15, -0.1) is 0 Å². The van der Waals surface area contributed by atoms with E-state index in [1.54, 1.807) is 61.5 Å². The van der Waals surface area contributed by atoms with Crippen molar-refractivity contribution in [2.75, 3.05) is 17.4 Å². The van der Waals surface area contributed by atoms with Gasteiger partial charge < -0.3 is 10.2 Å². The van der Waals surface area contributed by atoms with Crippen LogP contribution in [0.5, 0.6) is 0 Å². The number of nitrogens with zero attached hydrogens (tertiary/aromatic N) is 2. The van der Waals surface area contributed by atoms with Crippen LogP contribution in [0.25, 0.3) is 0 Å². The lowest BCUT2D eigenvalue weighted by atomic mass is 10.1. The van der Waals surface area contributed by atoms with Crippen molar-refractivity contribution >= 4 is 66.7 Å². The molecule has 2 amide bonds. The number of anilines is 1. The van der Waals surface area contributed by atoms with E-state index in [2.05, 4.69) is 21.2 Å². The predicted octanol–water partition coefficient (Wildman–Crippen LogP) is 6.59. The highest BCUT2D eigenvalue weighted by Crippen LogP contribution is 2.29. The summed E-state index contributed by atoms with van der Waals surface area (Å²) in [5.74, 6) is -0.954. The number of halogens is 3. The van der Waals surface area contributed by atoms with Crippen LogP contribution in [0.4, 0.5) is 5.69 Å². The zero-order chi connectivity index (χ0) is 29.4. The van der Waals surface area contributed by atoms with Gasteiger partial charge in [-0.1, -0.05) is 82.3 Å². The highest BCUT2D eigenvalue weighted by atomic mass is 79.9. The van der Waals surface area contributed by atoms with Gasteiger partial charge in [-0.25, -0.2) is 8.42 Å². The number of carbonyl (C=O) groups excluding carboxylic acids is 2. The largest absolute Gasteiger partial charge is 0.354 e. The SMILES string of the molecule is CCCCNC(=O)[C@H](C)N(Cc1c(Cl)cccc1Cl)C(=O)CN(c1cccc(Br)c1)S(=O)(=O)c1ccc(C)cc1. The summed E-state index contributed by atoms with van der Waals surface area (Å²) in [6.07, 6.45) is 1.68. The van der Waals surface area contributed by atoms with Gasteiger partial charge in [-0.05, 0) is 62.7 Å². The highest BCUT2D eigenvalue weighted by Gasteiger charge is 2.33. The standard InChI is InChI=1S/C29H32BrCl2N3O4S/c1-4-5-16-33-29(37)21(3)34(18-25-26(31)10-7-11-27(25)32)28(36)19-35(23-9-6-8-22(30)17-23)40(38,39)24-14-12-20(2)13-15-24/h6-15,17,21H,4-5,16,18-19H2,1-3H3,(H,33,37)/t21-/m0/s1. The molecule has 0 radical (unpaired) electrons. The van der Waals surface area contributed by atoms with E-state index in [-0.39, 0.29) is 17.3 Å². The highest BCUT2D eigenvalue weighted by molar-refractivity contribution is 9.10. The van der Waals surface area contributed by atoms with Crippen LogP contribution in [0, 0.1) is 6.92 Å². The monoisotopic (exact) mass is 667 g/mol. The first-order valence-electron chi connectivity index (χ1n) is 12.8. The van der Waals surface area contributed by atoms with Gasteiger partial charge in [0, 0.05) is 33.2 Å². The normalized spacial score (nSPS) is 12.1. The second kappa shape index (κ2) is 14.3. The average Bonchev–Trinajstić information content (AvgIpc) is 2.91. The Balaban J connectivity index is 2.04. The molecule has 0 saturated carbocycles. The van der Waals surface area contributed by atoms with E-state index in [0.29, 0.717) is 32.3 Å². The van der Waals surface area contributed by atoms with Crippen LogP contribution >= 0.6 is 39.1 Å². The van der Waals surface area contributed by atoms with Gasteiger partial charge in [-0.2, -0.15) is 0 Å². The number of aryl methyl sites for hydroxylation is 1. The number of nitrogens with one attached hydrogen (secondary N) is 1. The number of hydrogen-bond donors (Lipinski definition) is 1. The molecule has 40 heavy (non-hydrogen) atoms. The van der Waals surface area contributed by atoms with Crippen molar-refractivity contribution in [2.45, 2.75) is 51.1 Å². The van der Waals surface area contributed by atoms with Gasteiger partial charge in [-0.3, -0.25) is 13.9 Å². The minimum atomic E-state index is -4.16. The maximum atomic E-state index is 14.0. The average molecular weight is 669 g/mol. The summed E-state index contributed by atoms with van der Waals surface area (Å²) < 4.78 is 29.4. The molecular weight excluding hydrogens is 637 g/mol. The zero-order valence-electron chi connectivity index (χ0n) is 22.5. The molecule has 7 nitrogen and oxygen atoms in total. The van der Waals surface area contributed by atoms with Crippen LogP contribution in [0.2, 0.25) is 10.0 Å². The fourth-order valence-electron chi connectivity index (χ4n) is 3.97. The minimum Gasteiger partial charge on any atom is -0.354 e. The molecular formula is C29H32BrCl2N3O4S. The van der Waals surface area contributed by atoms with Crippen molar-refractivity contribution in [2.24, 2.45) is 0 Å². The molecule has 0 aromatic heterocycles. The van der Waals surface area contributed by atoms with E-state index in [1.165, 1.54) is 17.0 Å². The van der Waals surface area contributed by atoms with E-state index >= 15 is 0 Å². The quantitative estimate of drug-likeness (QED) is 0.221. The molecule has 0 spiro atoms. The first kappa shape index (κ1) is 31.9. The van der Waals surface area contributed by atoms with E-state index in [9.17, 15) is 18.0 Å². The Labute approximate surface area is 254 Å². The lowest BCUT2D eigenvalue weighted by Gasteiger charge is -2.32. The Hall–Kier alpha value is -2.59. The van der Waals surface area contributed by atoms with Crippen LogP contribution < -0.4 is 9.62 Å². The van der Waals surface area contributed by atoms with Gasteiger partial charge >= 0.3 is 0 Å². The first-order valence-corrected chi connectivity index (χ1v) is 15.8. The van der Waals surface area contributed by atoms with Crippen LogP contribution in [0.3, 0.4) is 0 Å². The smallest absolute Gasteiger partial charge is 0.264 e. The first-order chi connectivity index (χ1) is 18.9. The van der Waals surface area contributed by atoms with E-state index in [0.717, 1.165) is 22.7 Å². The second-order valence-corrected chi connectivity index (χ2v) is 12.9. The van der Waals surface area contributed by atoms with Crippen molar-refractivity contribution in [3.63, 3.8) is 0 Å². The van der Waals surface area contributed by atoms with Gasteiger partial charge in [0.25, 0.3) is 10.0 Å². The summed E-state index contributed by atoms with van der Waals surface area (Å²) in [5.41, 5.74) is 1.65. The fourth-order valence-corrected chi connectivity index (χ4v) is 6.28. The molecule has 1 N–H and O–H groups in total. The summed E-state index contributed by atoms with van der Waals surface area (Å²) in [6.45, 7) is 5.28. The molecule has 0 bridgehead atoms. The molecule has 0 unspecified atom stereocenters. The van der Waals surface area contributed by atoms with Crippen LogP contribution in [-0.4, -0.2) is 44.3 Å².